The minimum atomic E-state index is -0.0927. The first-order valence-corrected chi connectivity index (χ1v) is 8.27. The molecule has 3 saturated carbocycles. The average molecular weight is 264 g/mol. The summed E-state index contributed by atoms with van der Waals surface area (Å²) in [5.74, 6) is 2.12. The zero-order valence-corrected chi connectivity index (χ0v) is 11.9. The van der Waals surface area contributed by atoms with Crippen molar-refractivity contribution in [2.75, 3.05) is 0 Å². The lowest BCUT2D eigenvalue weighted by Gasteiger charge is -2.35. The van der Waals surface area contributed by atoms with Crippen LogP contribution in [-0.4, -0.2) is 18.0 Å². The van der Waals surface area contributed by atoms with Crippen LogP contribution in [0, 0.1) is 17.8 Å². The van der Waals surface area contributed by atoms with Crippen molar-refractivity contribution in [3.8, 4) is 0 Å². The summed E-state index contributed by atoms with van der Waals surface area (Å²) < 4.78 is 0. The molecule has 2 unspecified atom stereocenters. The van der Waals surface area contributed by atoms with Crippen LogP contribution in [0.4, 0.5) is 0 Å². The van der Waals surface area contributed by atoms with Gasteiger partial charge in [-0.05, 0) is 63.2 Å². The first kappa shape index (κ1) is 13.4. The number of amides is 1. The normalized spacial score (nSPS) is 40.0. The zero-order valence-electron chi connectivity index (χ0n) is 11.9. The highest BCUT2D eigenvalue weighted by atomic mass is 16.1. The lowest BCUT2D eigenvalue weighted by atomic mass is 9.81. The summed E-state index contributed by atoms with van der Waals surface area (Å²) in [6.45, 7) is 0. The maximum atomic E-state index is 11.2. The number of hydrogen-bond donors (Lipinski definition) is 2. The summed E-state index contributed by atoms with van der Waals surface area (Å²) in [4.78, 5) is 11.2. The Hall–Kier alpha value is -0.570. The van der Waals surface area contributed by atoms with Gasteiger partial charge >= 0.3 is 0 Å². The van der Waals surface area contributed by atoms with Crippen molar-refractivity contribution in [2.24, 2.45) is 23.5 Å². The molecule has 0 aromatic rings. The highest BCUT2D eigenvalue weighted by Crippen LogP contribution is 2.44. The predicted octanol–water partition coefficient (Wildman–Crippen LogP) is 2.59. The number of nitrogens with two attached hydrogens (primary N) is 1. The molecule has 1 amide bonds. The number of rotatable bonds is 4. The molecule has 3 nitrogen and oxygen atoms in total. The Bertz CT molecular complexity index is 319. The second-order valence-electron chi connectivity index (χ2n) is 7.08. The molecule has 3 aliphatic carbocycles. The minimum absolute atomic E-state index is 0.0927. The van der Waals surface area contributed by atoms with E-state index >= 15 is 0 Å². The van der Waals surface area contributed by atoms with Crippen LogP contribution in [0.1, 0.15) is 64.2 Å². The van der Waals surface area contributed by atoms with Crippen molar-refractivity contribution in [3.63, 3.8) is 0 Å². The fourth-order valence-corrected chi connectivity index (χ4v) is 4.25. The summed E-state index contributed by atoms with van der Waals surface area (Å²) in [6, 6.07) is 1.38. The third kappa shape index (κ3) is 3.50. The van der Waals surface area contributed by atoms with E-state index in [0.29, 0.717) is 6.04 Å². The molecular formula is C16H28N2O. The summed E-state index contributed by atoms with van der Waals surface area (Å²) in [7, 11) is 0. The van der Waals surface area contributed by atoms with Gasteiger partial charge in [0.1, 0.15) is 0 Å². The molecule has 3 rings (SSSR count). The predicted molar refractivity (Wildman–Crippen MR) is 76.5 cm³/mol. The fraction of sp³-hybridized carbons (Fsp3) is 0.938. The topological polar surface area (TPSA) is 55.1 Å². The molecule has 0 radical (unpaired) electrons. The maximum Gasteiger partial charge on any atom is 0.220 e. The van der Waals surface area contributed by atoms with E-state index in [-0.39, 0.29) is 11.8 Å². The van der Waals surface area contributed by atoms with Crippen LogP contribution in [0.25, 0.3) is 0 Å². The van der Waals surface area contributed by atoms with E-state index in [0.717, 1.165) is 43.6 Å². The minimum Gasteiger partial charge on any atom is -0.369 e. The molecular weight excluding hydrogens is 236 g/mol. The largest absolute Gasteiger partial charge is 0.369 e. The van der Waals surface area contributed by atoms with E-state index in [1.807, 2.05) is 0 Å². The van der Waals surface area contributed by atoms with E-state index in [4.69, 9.17) is 5.73 Å². The van der Waals surface area contributed by atoms with E-state index < -0.39 is 0 Å². The van der Waals surface area contributed by atoms with Gasteiger partial charge in [0.15, 0.2) is 0 Å². The van der Waals surface area contributed by atoms with Gasteiger partial charge in [0.2, 0.25) is 5.91 Å². The molecule has 2 atom stereocenters. The van der Waals surface area contributed by atoms with Crippen molar-refractivity contribution in [1.29, 1.82) is 0 Å². The van der Waals surface area contributed by atoms with Crippen molar-refractivity contribution >= 4 is 5.91 Å². The monoisotopic (exact) mass is 264 g/mol. The van der Waals surface area contributed by atoms with E-state index in [2.05, 4.69) is 5.32 Å². The Morgan fingerprint density at radius 3 is 2.21 bits per heavy atom. The molecule has 3 N–H and O–H groups in total. The van der Waals surface area contributed by atoms with Crippen LogP contribution in [0.3, 0.4) is 0 Å². The zero-order chi connectivity index (χ0) is 13.2. The summed E-state index contributed by atoms with van der Waals surface area (Å²) in [5.41, 5.74) is 5.40. The highest BCUT2D eigenvalue weighted by molar-refractivity contribution is 5.76. The standard InChI is InChI=1S/C16H28N2O/c17-16(19)12-6-8-14(9-7-12)18-15-3-1-2-13(10-15)11-4-5-11/h11-15,18H,1-10H2,(H2,17,19). The summed E-state index contributed by atoms with van der Waals surface area (Å²) >= 11 is 0. The number of hydrogen-bond acceptors (Lipinski definition) is 2. The number of nitrogens with one attached hydrogen (secondary N) is 1. The van der Waals surface area contributed by atoms with Crippen LogP contribution < -0.4 is 11.1 Å². The SMILES string of the molecule is NC(=O)C1CCC(NC2CCCC(C3CC3)C2)CC1. The van der Waals surface area contributed by atoms with Gasteiger partial charge < -0.3 is 11.1 Å². The Morgan fingerprint density at radius 1 is 0.842 bits per heavy atom. The maximum absolute atomic E-state index is 11.2. The van der Waals surface area contributed by atoms with Crippen LogP contribution in [0.2, 0.25) is 0 Å². The highest BCUT2D eigenvalue weighted by Gasteiger charge is 2.35. The number of primary amides is 1. The summed E-state index contributed by atoms with van der Waals surface area (Å²) in [5, 5.41) is 3.88. The first-order chi connectivity index (χ1) is 9.22. The van der Waals surface area contributed by atoms with Gasteiger partial charge in [-0.3, -0.25) is 4.79 Å². The van der Waals surface area contributed by atoms with Crippen molar-refractivity contribution < 1.29 is 4.79 Å². The Labute approximate surface area is 116 Å². The Kier molecular flexibility index (Phi) is 4.11. The van der Waals surface area contributed by atoms with E-state index in [1.54, 1.807) is 0 Å². The molecule has 0 heterocycles. The molecule has 0 aromatic carbocycles. The van der Waals surface area contributed by atoms with Crippen molar-refractivity contribution in [1.82, 2.24) is 5.32 Å². The quantitative estimate of drug-likeness (QED) is 0.820. The Balaban J connectivity index is 1.42. The fourth-order valence-electron chi connectivity index (χ4n) is 4.25. The molecule has 19 heavy (non-hydrogen) atoms. The van der Waals surface area contributed by atoms with Crippen LogP contribution >= 0.6 is 0 Å². The molecule has 3 heteroatoms. The number of carbonyl (C=O) groups is 1. The number of carbonyl (C=O) groups excluding carboxylic acids is 1. The van der Waals surface area contributed by atoms with Gasteiger partial charge in [-0.25, -0.2) is 0 Å². The van der Waals surface area contributed by atoms with Crippen molar-refractivity contribution in [2.45, 2.75) is 76.3 Å². The van der Waals surface area contributed by atoms with E-state index in [1.165, 1.54) is 38.5 Å². The van der Waals surface area contributed by atoms with E-state index in [9.17, 15) is 4.79 Å². The molecule has 0 aliphatic heterocycles. The second-order valence-corrected chi connectivity index (χ2v) is 7.08. The molecule has 108 valence electrons. The van der Waals surface area contributed by atoms with Crippen LogP contribution in [0.15, 0.2) is 0 Å². The van der Waals surface area contributed by atoms with Gasteiger partial charge in [-0.1, -0.05) is 12.8 Å². The van der Waals surface area contributed by atoms with Gasteiger partial charge in [0.25, 0.3) is 0 Å². The van der Waals surface area contributed by atoms with Gasteiger partial charge in [0.05, 0.1) is 0 Å². The van der Waals surface area contributed by atoms with Gasteiger partial charge in [-0.15, -0.1) is 0 Å². The lowest BCUT2D eigenvalue weighted by Crippen LogP contribution is -2.44. The molecule has 0 aromatic heterocycles. The third-order valence-corrected chi connectivity index (χ3v) is 5.60. The van der Waals surface area contributed by atoms with Crippen LogP contribution in [0.5, 0.6) is 0 Å². The van der Waals surface area contributed by atoms with Gasteiger partial charge in [-0.2, -0.15) is 0 Å². The summed E-state index contributed by atoms with van der Waals surface area (Å²) in [6.07, 6.45) is 12.9. The van der Waals surface area contributed by atoms with Gasteiger partial charge in [0, 0.05) is 18.0 Å². The average Bonchev–Trinajstić information content (AvgIpc) is 3.24. The molecule has 3 fully saturated rings. The van der Waals surface area contributed by atoms with Crippen LogP contribution in [-0.2, 0) is 4.79 Å². The van der Waals surface area contributed by atoms with Crippen molar-refractivity contribution in [3.05, 3.63) is 0 Å². The first-order valence-electron chi connectivity index (χ1n) is 8.27. The second kappa shape index (κ2) is 5.82. The Morgan fingerprint density at radius 2 is 1.58 bits per heavy atom. The molecule has 0 spiro atoms. The smallest absolute Gasteiger partial charge is 0.220 e. The molecule has 0 saturated heterocycles. The molecule has 3 aliphatic rings. The molecule has 0 bridgehead atoms. The third-order valence-electron chi connectivity index (χ3n) is 5.60. The lowest BCUT2D eigenvalue weighted by molar-refractivity contribution is -0.122.